The predicted octanol–water partition coefficient (Wildman–Crippen LogP) is 6.01. The van der Waals surface area contributed by atoms with Crippen LogP contribution in [0.15, 0.2) is 95.3 Å². The molecule has 8 heteroatoms. The molecule has 2 spiro atoms. The molecular formula is C43H52O8. The van der Waals surface area contributed by atoms with Gasteiger partial charge in [-0.15, -0.1) is 0 Å². The normalized spacial score (nSPS) is 42.6. The molecule has 2 saturated heterocycles. The van der Waals surface area contributed by atoms with Crippen LogP contribution >= 0.6 is 0 Å². The molecule has 8 nitrogen and oxygen atoms in total. The molecule has 0 radical (unpaired) electrons. The highest BCUT2D eigenvalue weighted by Crippen LogP contribution is 2.91. The number of aliphatic hydroxyl groups is 3. The van der Waals surface area contributed by atoms with E-state index in [-0.39, 0.29) is 30.1 Å². The molecule has 0 aromatic heterocycles. The zero-order chi connectivity index (χ0) is 35.6. The van der Waals surface area contributed by atoms with Gasteiger partial charge in [-0.1, -0.05) is 93.6 Å². The standard InChI is InChI=1S/C43H52O8/c1-25-41(30-18-28(30)23-48-21-26-12-8-6-9-13-26)20-32(50-24-49-22-27-14-10-7-11-15-27)43(25)33-29(16-17-40(41,43)4)37(46)42-19-31(44)38(51-42)39(2,3)36(42)35(47-5)34(33)45/h6-15,28,30-32,34,37-38,44-46H,1,16-24H2,2-5H3/t28-,30+,31+,32-,34?,37-,38-,40-,41+,42+,43+/m0/s1. The lowest BCUT2D eigenvalue weighted by atomic mass is 9.33. The van der Waals surface area contributed by atoms with Crippen molar-refractivity contribution in [3.63, 3.8) is 0 Å². The maximum atomic E-state index is 12.7. The van der Waals surface area contributed by atoms with Crippen LogP contribution < -0.4 is 0 Å². The van der Waals surface area contributed by atoms with Gasteiger partial charge in [0.15, 0.2) is 0 Å². The highest BCUT2D eigenvalue weighted by Gasteiger charge is 2.88. The average molecular weight is 697 g/mol. The molecule has 4 bridgehead atoms. The minimum absolute atomic E-state index is 0.0997. The number of hydrogen-bond acceptors (Lipinski definition) is 8. The van der Waals surface area contributed by atoms with Crippen LogP contribution in [0.25, 0.3) is 0 Å². The fourth-order valence-electron chi connectivity index (χ4n) is 12.8. The van der Waals surface area contributed by atoms with Gasteiger partial charge in [0.05, 0.1) is 45.2 Å². The lowest BCUT2D eigenvalue weighted by Gasteiger charge is -2.70. The Morgan fingerprint density at radius 1 is 0.902 bits per heavy atom. The van der Waals surface area contributed by atoms with Crippen LogP contribution in [0.5, 0.6) is 0 Å². The molecule has 2 aliphatic heterocycles. The van der Waals surface area contributed by atoms with E-state index in [4.69, 9.17) is 30.3 Å². The van der Waals surface area contributed by atoms with Gasteiger partial charge in [0, 0.05) is 28.2 Å². The Balaban J connectivity index is 1.08. The molecule has 3 N–H and O–H groups in total. The molecule has 272 valence electrons. The molecule has 2 aromatic carbocycles. The first-order valence-corrected chi connectivity index (χ1v) is 18.8. The van der Waals surface area contributed by atoms with Crippen molar-refractivity contribution in [2.75, 3.05) is 20.5 Å². The molecule has 6 fully saturated rings. The van der Waals surface area contributed by atoms with Gasteiger partial charge >= 0.3 is 0 Å². The summed E-state index contributed by atoms with van der Waals surface area (Å²) in [6.07, 6.45) is -0.219. The minimum Gasteiger partial charge on any atom is -0.498 e. The summed E-state index contributed by atoms with van der Waals surface area (Å²) in [7, 11) is 1.60. The predicted molar refractivity (Wildman–Crippen MR) is 190 cm³/mol. The first-order valence-electron chi connectivity index (χ1n) is 18.8. The topological polar surface area (TPSA) is 107 Å². The number of aliphatic hydroxyl groups excluding tert-OH is 3. The molecule has 0 amide bonds. The fourth-order valence-corrected chi connectivity index (χ4v) is 12.8. The molecule has 11 atom stereocenters. The Morgan fingerprint density at radius 2 is 1.57 bits per heavy atom. The molecular weight excluding hydrogens is 644 g/mol. The first-order chi connectivity index (χ1) is 24.5. The van der Waals surface area contributed by atoms with Gasteiger partial charge in [0.1, 0.15) is 30.4 Å². The van der Waals surface area contributed by atoms with Gasteiger partial charge in [0.25, 0.3) is 0 Å². The van der Waals surface area contributed by atoms with Crippen molar-refractivity contribution >= 4 is 0 Å². The molecule has 1 unspecified atom stereocenters. The lowest BCUT2D eigenvalue weighted by molar-refractivity contribution is -0.154. The first kappa shape index (κ1) is 34.0. The van der Waals surface area contributed by atoms with Crippen LogP contribution in [0.2, 0.25) is 0 Å². The van der Waals surface area contributed by atoms with Gasteiger partial charge in [-0.3, -0.25) is 0 Å². The number of hydrogen-bond donors (Lipinski definition) is 3. The maximum Gasteiger partial charge on any atom is 0.147 e. The van der Waals surface area contributed by atoms with Gasteiger partial charge in [-0.2, -0.15) is 0 Å². The van der Waals surface area contributed by atoms with E-state index in [0.717, 1.165) is 47.1 Å². The number of fused-ring (bicyclic) bond motifs is 2. The van der Waals surface area contributed by atoms with Crippen molar-refractivity contribution in [1.82, 2.24) is 0 Å². The van der Waals surface area contributed by atoms with Gasteiger partial charge < -0.3 is 39.0 Å². The van der Waals surface area contributed by atoms with Crippen LogP contribution in [-0.4, -0.2) is 72.0 Å². The van der Waals surface area contributed by atoms with Crippen LogP contribution in [0.4, 0.5) is 0 Å². The molecule has 10 rings (SSSR count). The van der Waals surface area contributed by atoms with Crippen molar-refractivity contribution in [1.29, 1.82) is 0 Å². The van der Waals surface area contributed by atoms with E-state index in [9.17, 15) is 15.3 Å². The van der Waals surface area contributed by atoms with Crippen molar-refractivity contribution in [2.24, 2.45) is 33.5 Å². The Labute approximate surface area is 301 Å². The highest BCUT2D eigenvalue weighted by molar-refractivity contribution is 5.63. The summed E-state index contributed by atoms with van der Waals surface area (Å²) in [6, 6.07) is 20.4. The van der Waals surface area contributed by atoms with Gasteiger partial charge in [-0.25, -0.2) is 0 Å². The van der Waals surface area contributed by atoms with E-state index >= 15 is 0 Å². The molecule has 8 aliphatic rings. The van der Waals surface area contributed by atoms with E-state index in [1.54, 1.807) is 7.11 Å². The van der Waals surface area contributed by atoms with Crippen molar-refractivity contribution in [3.8, 4) is 0 Å². The van der Waals surface area contributed by atoms with E-state index in [2.05, 4.69) is 19.1 Å². The van der Waals surface area contributed by atoms with Gasteiger partial charge in [-0.05, 0) is 65.2 Å². The van der Waals surface area contributed by atoms with Crippen molar-refractivity contribution in [2.45, 2.75) is 102 Å². The summed E-state index contributed by atoms with van der Waals surface area (Å²) < 4.78 is 32.1. The zero-order valence-electron chi connectivity index (χ0n) is 30.3. The Hall–Kier alpha value is -2.82. The van der Waals surface area contributed by atoms with E-state index in [1.165, 1.54) is 5.56 Å². The van der Waals surface area contributed by atoms with Crippen molar-refractivity contribution in [3.05, 3.63) is 106 Å². The third kappa shape index (κ3) is 4.21. The molecule has 4 saturated carbocycles. The summed E-state index contributed by atoms with van der Waals surface area (Å²) in [5.41, 5.74) is 2.59. The van der Waals surface area contributed by atoms with E-state index in [1.807, 2.05) is 62.4 Å². The molecule has 51 heavy (non-hydrogen) atoms. The third-order valence-corrected chi connectivity index (χ3v) is 14.7. The Kier molecular flexibility index (Phi) is 7.72. The smallest absolute Gasteiger partial charge is 0.147 e. The fraction of sp³-hybridized carbons (Fsp3) is 0.581. The monoisotopic (exact) mass is 696 g/mol. The van der Waals surface area contributed by atoms with Crippen LogP contribution in [0.1, 0.15) is 64.0 Å². The van der Waals surface area contributed by atoms with Crippen LogP contribution in [0, 0.1) is 33.5 Å². The highest BCUT2D eigenvalue weighted by atomic mass is 16.7. The Morgan fingerprint density at radius 3 is 2.24 bits per heavy atom. The minimum atomic E-state index is -1.17. The second-order valence-corrected chi connectivity index (χ2v) is 17.1. The molecule has 2 aromatic rings. The SMILES string of the molecule is C=C1[C@@]23C4=C(CC[C@@]2(C)[C@]1([C@@H]1C[C@H]1COCc1ccccc1)C[C@@H]3OCOCc1ccccc1)[C@H](O)[C@]12C[C@@H](O)[C@H](O1)C(C)(C)C2=C(OC)C4O. The van der Waals surface area contributed by atoms with Crippen LogP contribution in [0.3, 0.4) is 0 Å². The van der Waals surface area contributed by atoms with E-state index < -0.39 is 40.8 Å². The summed E-state index contributed by atoms with van der Waals surface area (Å²) in [5, 5.41) is 36.5. The van der Waals surface area contributed by atoms with E-state index in [0.29, 0.717) is 43.8 Å². The van der Waals surface area contributed by atoms with Crippen LogP contribution in [-0.2, 0) is 36.9 Å². The molecule has 6 aliphatic carbocycles. The average Bonchev–Trinajstić information content (AvgIpc) is 3.56. The summed E-state index contributed by atoms with van der Waals surface area (Å²) in [4.78, 5) is 0. The summed E-state index contributed by atoms with van der Waals surface area (Å²) in [5.74, 6) is 1.22. The van der Waals surface area contributed by atoms with Gasteiger partial charge in [0.2, 0.25) is 0 Å². The second kappa shape index (κ2) is 11.6. The number of methoxy groups -OCH3 is 1. The largest absolute Gasteiger partial charge is 0.498 e. The number of benzene rings is 2. The second-order valence-electron chi connectivity index (χ2n) is 17.1. The summed E-state index contributed by atoms with van der Waals surface area (Å²) >= 11 is 0. The Bertz CT molecular complexity index is 1790. The number of rotatable bonds is 11. The maximum absolute atomic E-state index is 12.7. The summed E-state index contributed by atoms with van der Waals surface area (Å²) in [6.45, 7) is 13.1. The number of ether oxygens (including phenoxy) is 5. The third-order valence-electron chi connectivity index (χ3n) is 14.7. The quantitative estimate of drug-likeness (QED) is 0.149. The van der Waals surface area contributed by atoms with Crippen molar-refractivity contribution < 1.29 is 39.0 Å². The lowest BCUT2D eigenvalue weighted by Crippen LogP contribution is -2.67. The zero-order valence-corrected chi connectivity index (χ0v) is 30.3. The molecule has 2 heterocycles.